The van der Waals surface area contributed by atoms with Crippen molar-refractivity contribution in [2.24, 2.45) is 0 Å². The van der Waals surface area contributed by atoms with Gasteiger partial charge in [-0.2, -0.15) is 0 Å². The van der Waals surface area contributed by atoms with Crippen LogP contribution in [0.4, 0.5) is 0 Å². The first kappa shape index (κ1) is 12.7. The van der Waals surface area contributed by atoms with Gasteiger partial charge in [0.2, 0.25) is 0 Å². The normalized spacial score (nSPS) is 13.6. The molecule has 0 saturated carbocycles. The van der Waals surface area contributed by atoms with E-state index in [4.69, 9.17) is 11.6 Å². The molecular formula is C15H17ClS. The molecule has 1 atom stereocenters. The molecule has 0 amide bonds. The number of aryl methyl sites for hydroxylation is 1. The fourth-order valence-corrected chi connectivity index (χ4v) is 3.33. The molecule has 0 spiro atoms. The average molecular weight is 265 g/mol. The Morgan fingerprint density at radius 3 is 2.24 bits per heavy atom. The van der Waals surface area contributed by atoms with Crippen LogP contribution in [0.1, 0.15) is 34.5 Å². The Morgan fingerprint density at radius 1 is 1.06 bits per heavy atom. The number of alkyl halides is 1. The van der Waals surface area contributed by atoms with E-state index in [-0.39, 0.29) is 10.8 Å². The monoisotopic (exact) mass is 264 g/mol. The smallest absolute Gasteiger partial charge is 0.0769 e. The van der Waals surface area contributed by atoms with Crippen molar-refractivity contribution in [1.82, 2.24) is 0 Å². The number of benzene rings is 1. The topological polar surface area (TPSA) is 0 Å². The van der Waals surface area contributed by atoms with E-state index in [1.807, 2.05) is 6.07 Å². The van der Waals surface area contributed by atoms with Gasteiger partial charge in [-0.3, -0.25) is 0 Å². The van der Waals surface area contributed by atoms with Crippen LogP contribution in [-0.2, 0) is 5.41 Å². The van der Waals surface area contributed by atoms with Crippen molar-refractivity contribution in [3.63, 3.8) is 0 Å². The van der Waals surface area contributed by atoms with Crippen molar-refractivity contribution in [3.8, 4) is 0 Å². The zero-order valence-electron chi connectivity index (χ0n) is 10.4. The summed E-state index contributed by atoms with van der Waals surface area (Å²) in [5.74, 6) is 0. The van der Waals surface area contributed by atoms with Gasteiger partial charge in [0.15, 0.2) is 0 Å². The average Bonchev–Trinajstić information content (AvgIpc) is 2.76. The molecule has 2 heteroatoms. The molecule has 0 bridgehead atoms. The first-order chi connectivity index (χ1) is 8.01. The lowest BCUT2D eigenvalue weighted by Gasteiger charge is -2.30. The molecule has 2 rings (SSSR count). The van der Waals surface area contributed by atoms with Crippen molar-refractivity contribution in [3.05, 3.63) is 57.8 Å². The maximum Gasteiger partial charge on any atom is 0.0769 e. The third-order valence-corrected chi connectivity index (χ3v) is 5.14. The van der Waals surface area contributed by atoms with Crippen molar-refractivity contribution in [2.45, 2.75) is 31.6 Å². The van der Waals surface area contributed by atoms with E-state index in [0.717, 1.165) is 0 Å². The number of halogens is 1. The van der Waals surface area contributed by atoms with Crippen LogP contribution in [0.15, 0.2) is 42.5 Å². The minimum atomic E-state index is -0.0554. The second-order valence-corrected chi connectivity index (χ2v) is 6.65. The Balaban J connectivity index is 2.33. The summed E-state index contributed by atoms with van der Waals surface area (Å²) < 4.78 is 0. The molecule has 0 fully saturated rings. The maximum absolute atomic E-state index is 6.66. The number of thiophene rings is 1. The summed E-state index contributed by atoms with van der Waals surface area (Å²) in [6, 6.07) is 14.8. The van der Waals surface area contributed by atoms with E-state index >= 15 is 0 Å². The summed E-state index contributed by atoms with van der Waals surface area (Å²) in [6.45, 7) is 6.53. The summed E-state index contributed by atoms with van der Waals surface area (Å²) >= 11 is 8.44. The van der Waals surface area contributed by atoms with Gasteiger partial charge in [0.1, 0.15) is 0 Å². The summed E-state index contributed by atoms with van der Waals surface area (Å²) in [6.07, 6.45) is 0. The largest absolute Gasteiger partial charge is 0.144 e. The second-order valence-electron chi connectivity index (χ2n) is 4.90. The highest BCUT2D eigenvalue weighted by molar-refractivity contribution is 7.12. The SMILES string of the molecule is Cc1ccc(C(Cl)C(C)(C)c2ccccc2)s1. The molecule has 0 nitrogen and oxygen atoms in total. The zero-order valence-corrected chi connectivity index (χ0v) is 12.0. The van der Waals surface area contributed by atoms with Crippen LogP contribution >= 0.6 is 22.9 Å². The molecule has 1 aromatic carbocycles. The molecule has 0 saturated heterocycles. The zero-order chi connectivity index (χ0) is 12.5. The van der Waals surface area contributed by atoms with E-state index in [1.165, 1.54) is 15.3 Å². The lowest BCUT2D eigenvalue weighted by Crippen LogP contribution is -2.22. The van der Waals surface area contributed by atoms with Crippen molar-refractivity contribution in [1.29, 1.82) is 0 Å². The van der Waals surface area contributed by atoms with Crippen LogP contribution in [-0.4, -0.2) is 0 Å². The quantitative estimate of drug-likeness (QED) is 0.659. The molecule has 17 heavy (non-hydrogen) atoms. The molecule has 2 aromatic rings. The van der Waals surface area contributed by atoms with Gasteiger partial charge in [0.05, 0.1) is 5.38 Å². The third kappa shape index (κ3) is 2.56. The Bertz CT molecular complexity index is 485. The van der Waals surface area contributed by atoms with E-state index in [2.05, 4.69) is 57.2 Å². The lowest BCUT2D eigenvalue weighted by atomic mass is 9.81. The lowest BCUT2D eigenvalue weighted by molar-refractivity contribution is 0.509. The van der Waals surface area contributed by atoms with Crippen LogP contribution in [0, 0.1) is 6.92 Å². The van der Waals surface area contributed by atoms with Crippen molar-refractivity contribution in [2.75, 3.05) is 0 Å². The van der Waals surface area contributed by atoms with Crippen LogP contribution in [0.25, 0.3) is 0 Å². The van der Waals surface area contributed by atoms with Crippen molar-refractivity contribution >= 4 is 22.9 Å². The molecule has 0 aliphatic heterocycles. The Kier molecular flexibility index (Phi) is 3.60. The van der Waals surface area contributed by atoms with Crippen LogP contribution in [0.3, 0.4) is 0 Å². The Hall–Kier alpha value is -0.790. The molecule has 0 aliphatic rings. The highest BCUT2D eigenvalue weighted by Gasteiger charge is 2.31. The molecule has 90 valence electrons. The molecule has 1 heterocycles. The molecule has 0 aliphatic carbocycles. The van der Waals surface area contributed by atoms with Crippen LogP contribution in [0.5, 0.6) is 0 Å². The maximum atomic E-state index is 6.66. The van der Waals surface area contributed by atoms with Gasteiger partial charge >= 0.3 is 0 Å². The minimum Gasteiger partial charge on any atom is -0.144 e. The predicted octanol–water partition coefficient (Wildman–Crippen LogP) is 5.31. The van der Waals surface area contributed by atoms with Gasteiger partial charge in [-0.05, 0) is 24.6 Å². The fraction of sp³-hybridized carbons (Fsp3) is 0.333. The Morgan fingerprint density at radius 2 is 1.71 bits per heavy atom. The van der Waals surface area contributed by atoms with E-state index in [9.17, 15) is 0 Å². The van der Waals surface area contributed by atoms with Crippen molar-refractivity contribution < 1.29 is 0 Å². The fourth-order valence-electron chi connectivity index (χ4n) is 1.96. The standard InChI is InChI=1S/C15H17ClS/c1-11-9-10-13(17-11)14(16)15(2,3)12-7-5-4-6-8-12/h4-10,14H,1-3H3. The van der Waals surface area contributed by atoms with E-state index in [1.54, 1.807) is 11.3 Å². The minimum absolute atomic E-state index is 0.0172. The van der Waals surface area contributed by atoms with E-state index < -0.39 is 0 Å². The number of rotatable bonds is 3. The predicted molar refractivity (Wildman–Crippen MR) is 77.1 cm³/mol. The van der Waals surface area contributed by atoms with Crippen LogP contribution < -0.4 is 0 Å². The molecule has 0 N–H and O–H groups in total. The summed E-state index contributed by atoms with van der Waals surface area (Å²) in [7, 11) is 0. The number of hydrogen-bond acceptors (Lipinski definition) is 1. The molecular weight excluding hydrogens is 248 g/mol. The van der Waals surface area contributed by atoms with E-state index in [0.29, 0.717) is 0 Å². The molecule has 1 aromatic heterocycles. The third-order valence-electron chi connectivity index (χ3n) is 3.16. The summed E-state index contributed by atoms with van der Waals surface area (Å²) in [4.78, 5) is 2.56. The molecule has 1 unspecified atom stereocenters. The molecule has 0 radical (unpaired) electrons. The van der Waals surface area contributed by atoms with Gasteiger partial charge in [0, 0.05) is 15.2 Å². The summed E-state index contributed by atoms with van der Waals surface area (Å²) in [5.41, 5.74) is 1.23. The second kappa shape index (κ2) is 4.83. The van der Waals surface area contributed by atoms with Crippen LogP contribution in [0.2, 0.25) is 0 Å². The Labute approximate surface area is 112 Å². The summed E-state index contributed by atoms with van der Waals surface area (Å²) in [5, 5.41) is 0.0172. The van der Waals surface area contributed by atoms with Gasteiger partial charge in [0.25, 0.3) is 0 Å². The highest BCUT2D eigenvalue weighted by atomic mass is 35.5. The van der Waals surface area contributed by atoms with Gasteiger partial charge in [-0.25, -0.2) is 0 Å². The van der Waals surface area contributed by atoms with Gasteiger partial charge in [-0.15, -0.1) is 22.9 Å². The van der Waals surface area contributed by atoms with Gasteiger partial charge < -0.3 is 0 Å². The van der Waals surface area contributed by atoms with Gasteiger partial charge in [-0.1, -0.05) is 44.2 Å². The first-order valence-electron chi connectivity index (χ1n) is 5.78. The highest BCUT2D eigenvalue weighted by Crippen LogP contribution is 2.43. The number of hydrogen-bond donors (Lipinski definition) is 0. The first-order valence-corrected chi connectivity index (χ1v) is 7.03.